The maximum atomic E-state index is 13.1. The molecule has 0 atom stereocenters. The molecule has 0 saturated heterocycles. The molecule has 3 N–H and O–H groups in total. The van der Waals surface area contributed by atoms with E-state index in [4.69, 9.17) is 9.94 Å². The van der Waals surface area contributed by atoms with Crippen molar-refractivity contribution in [3.05, 3.63) is 84.2 Å². The monoisotopic (exact) mass is 455 g/mol. The molecule has 0 spiro atoms. The van der Waals surface area contributed by atoms with Crippen molar-refractivity contribution in [3.63, 3.8) is 0 Å². The van der Waals surface area contributed by atoms with Gasteiger partial charge in [-0.05, 0) is 46.5 Å². The van der Waals surface area contributed by atoms with E-state index >= 15 is 0 Å². The molecule has 3 rings (SSSR count). The average molecular weight is 456 g/mol. The molecule has 0 unspecified atom stereocenters. The van der Waals surface area contributed by atoms with Gasteiger partial charge in [-0.1, -0.05) is 36.4 Å². The Morgan fingerprint density at radius 2 is 1.91 bits per heavy atom. The first-order valence-electron chi connectivity index (χ1n) is 9.89. The van der Waals surface area contributed by atoms with Crippen molar-refractivity contribution in [1.82, 2.24) is 14.8 Å². The Labute approximate surface area is 187 Å². The van der Waals surface area contributed by atoms with Crippen LogP contribution in [-0.2, 0) is 26.1 Å². The van der Waals surface area contributed by atoms with E-state index in [-0.39, 0.29) is 4.90 Å². The molecule has 1 amide bonds. The molecule has 1 heterocycles. The smallest absolute Gasteiger partial charge is 0.267 e. The van der Waals surface area contributed by atoms with Crippen molar-refractivity contribution in [2.75, 3.05) is 20.3 Å². The number of rotatable bonds is 10. The molecule has 2 aromatic carbocycles. The zero-order valence-electron chi connectivity index (χ0n) is 17.6. The van der Waals surface area contributed by atoms with Gasteiger partial charge in [0.1, 0.15) is 0 Å². The topological polar surface area (TPSA) is 110 Å². The molecule has 0 aliphatic carbocycles. The predicted molar refractivity (Wildman–Crippen MR) is 121 cm³/mol. The van der Waals surface area contributed by atoms with Crippen LogP contribution in [0.5, 0.6) is 0 Å². The number of aromatic nitrogens is 1. The van der Waals surface area contributed by atoms with Crippen LogP contribution in [0, 0.1) is 0 Å². The number of nitrogens with one attached hydrogen (secondary N) is 2. The van der Waals surface area contributed by atoms with Crippen molar-refractivity contribution < 1.29 is 23.2 Å². The minimum absolute atomic E-state index is 0.152. The fraction of sp³-hybridized carbons (Fsp3) is 0.174. The second kappa shape index (κ2) is 10.9. The molecule has 0 saturated carbocycles. The van der Waals surface area contributed by atoms with E-state index in [2.05, 4.69) is 5.32 Å². The Hall–Kier alpha value is -3.24. The third-order valence-corrected chi connectivity index (χ3v) is 6.37. The number of benzene rings is 2. The second-order valence-electron chi connectivity index (χ2n) is 6.98. The van der Waals surface area contributed by atoms with Crippen LogP contribution < -0.4 is 10.8 Å². The minimum Gasteiger partial charge on any atom is -0.383 e. The lowest BCUT2D eigenvalue weighted by molar-refractivity contribution is -0.124. The van der Waals surface area contributed by atoms with Crippen molar-refractivity contribution in [1.29, 1.82) is 0 Å². The first-order chi connectivity index (χ1) is 15.4. The van der Waals surface area contributed by atoms with E-state index in [9.17, 15) is 13.2 Å². The Bertz CT molecular complexity index is 1180. The van der Waals surface area contributed by atoms with Gasteiger partial charge in [-0.2, -0.15) is 0 Å². The molecular weight excluding hydrogens is 430 g/mol. The summed E-state index contributed by atoms with van der Waals surface area (Å²) in [5.74, 6) is -0.704. The van der Waals surface area contributed by atoms with Crippen LogP contribution in [0.3, 0.4) is 0 Å². The largest absolute Gasteiger partial charge is 0.383 e. The Balaban J connectivity index is 1.77. The van der Waals surface area contributed by atoms with Crippen LogP contribution in [0.2, 0.25) is 0 Å². The van der Waals surface area contributed by atoms with Gasteiger partial charge in [0.2, 0.25) is 0 Å². The third-order valence-electron chi connectivity index (χ3n) is 4.74. The second-order valence-corrected chi connectivity index (χ2v) is 8.83. The molecule has 0 aliphatic rings. The van der Waals surface area contributed by atoms with Crippen LogP contribution in [0.1, 0.15) is 11.1 Å². The van der Waals surface area contributed by atoms with Crippen LogP contribution in [-0.4, -0.2) is 43.8 Å². The van der Waals surface area contributed by atoms with Crippen molar-refractivity contribution in [2.45, 2.75) is 11.4 Å². The van der Waals surface area contributed by atoms with Crippen molar-refractivity contribution >= 4 is 22.0 Å². The molecular formula is C23H25N3O5S. The number of hydroxylamine groups is 1. The highest BCUT2D eigenvalue weighted by molar-refractivity contribution is 7.90. The van der Waals surface area contributed by atoms with E-state index in [1.165, 1.54) is 23.9 Å². The summed E-state index contributed by atoms with van der Waals surface area (Å²) in [6.45, 7) is 2.14. The normalized spacial score (nSPS) is 11.7. The zero-order chi connectivity index (χ0) is 23.0. The molecule has 0 aliphatic heterocycles. The first kappa shape index (κ1) is 23.4. The number of hydrogen-bond donors (Lipinski definition) is 3. The van der Waals surface area contributed by atoms with Gasteiger partial charge in [-0.25, -0.2) is 17.9 Å². The summed E-state index contributed by atoms with van der Waals surface area (Å²) in [6, 6.07) is 16.2. The highest BCUT2D eigenvalue weighted by atomic mass is 32.2. The summed E-state index contributed by atoms with van der Waals surface area (Å²) in [7, 11) is -2.14. The van der Waals surface area contributed by atoms with Gasteiger partial charge in [0, 0.05) is 38.7 Å². The predicted octanol–water partition coefficient (Wildman–Crippen LogP) is 2.65. The quantitative estimate of drug-likeness (QED) is 0.188. The maximum Gasteiger partial charge on any atom is 0.267 e. The maximum absolute atomic E-state index is 13.1. The van der Waals surface area contributed by atoms with Gasteiger partial charge in [-0.3, -0.25) is 10.0 Å². The summed E-state index contributed by atoms with van der Waals surface area (Å²) in [6.07, 6.45) is 5.31. The number of amides is 1. The molecule has 9 heteroatoms. The van der Waals surface area contributed by atoms with E-state index in [0.717, 1.165) is 39.8 Å². The Morgan fingerprint density at radius 3 is 2.62 bits per heavy atom. The number of nitrogens with zero attached hydrogens (tertiary/aromatic N) is 1. The van der Waals surface area contributed by atoms with Gasteiger partial charge in [-0.15, -0.1) is 0 Å². The molecule has 1 aromatic heterocycles. The van der Waals surface area contributed by atoms with Gasteiger partial charge in [0.05, 0.1) is 11.5 Å². The van der Waals surface area contributed by atoms with E-state index in [0.29, 0.717) is 12.2 Å². The van der Waals surface area contributed by atoms with Gasteiger partial charge < -0.3 is 10.1 Å². The number of methoxy groups -OCH3 is 1. The lowest BCUT2D eigenvalue weighted by Crippen LogP contribution is -2.18. The zero-order valence-corrected chi connectivity index (χ0v) is 18.4. The molecule has 32 heavy (non-hydrogen) atoms. The fourth-order valence-corrected chi connectivity index (χ4v) is 4.28. The Morgan fingerprint density at radius 1 is 1.12 bits per heavy atom. The summed E-state index contributed by atoms with van der Waals surface area (Å²) in [5.41, 5.74) is 4.80. The summed E-state index contributed by atoms with van der Waals surface area (Å²) in [5, 5.41) is 11.8. The lowest BCUT2D eigenvalue weighted by atomic mass is 10.0. The van der Waals surface area contributed by atoms with Crippen LogP contribution in [0.25, 0.3) is 17.2 Å². The summed E-state index contributed by atoms with van der Waals surface area (Å²) < 4.78 is 32.2. The highest BCUT2D eigenvalue weighted by Crippen LogP contribution is 2.24. The van der Waals surface area contributed by atoms with Crippen molar-refractivity contribution in [3.8, 4) is 11.1 Å². The molecule has 168 valence electrons. The van der Waals surface area contributed by atoms with Crippen LogP contribution in [0.4, 0.5) is 0 Å². The Kier molecular flexibility index (Phi) is 7.96. The van der Waals surface area contributed by atoms with E-state index < -0.39 is 15.9 Å². The number of carbonyl (C=O) groups excluding carboxylic acids is 1. The molecule has 0 fully saturated rings. The molecule has 0 bridgehead atoms. The first-order valence-corrected chi connectivity index (χ1v) is 11.3. The summed E-state index contributed by atoms with van der Waals surface area (Å²) >= 11 is 0. The molecule has 8 nitrogen and oxygen atoms in total. The molecule has 0 radical (unpaired) electrons. The summed E-state index contributed by atoms with van der Waals surface area (Å²) in [4.78, 5) is 11.3. The number of hydrogen-bond acceptors (Lipinski definition) is 6. The standard InChI is InChI=1S/C23H25N3O5S/c1-31-14-12-24-16-18-5-8-20(9-6-18)21-3-2-4-22(15-21)32(29,30)26-13-11-19(17-26)7-10-23(27)25-28/h2-11,13,15,17,24,28H,12,14,16H2,1H3,(H,25,27). The molecule has 3 aromatic rings. The van der Waals surface area contributed by atoms with Gasteiger partial charge in [0.15, 0.2) is 0 Å². The number of ether oxygens (including phenoxy) is 1. The van der Waals surface area contributed by atoms with Crippen molar-refractivity contribution in [2.24, 2.45) is 0 Å². The highest BCUT2D eigenvalue weighted by Gasteiger charge is 2.17. The SMILES string of the molecule is COCCNCc1ccc(-c2cccc(S(=O)(=O)n3ccc(C=CC(=O)NO)c3)c2)cc1. The van der Waals surface area contributed by atoms with Crippen LogP contribution in [0.15, 0.2) is 78.0 Å². The third kappa shape index (κ3) is 5.92. The fourth-order valence-electron chi connectivity index (χ4n) is 3.03. The van der Waals surface area contributed by atoms with E-state index in [1.807, 2.05) is 30.3 Å². The minimum atomic E-state index is -3.81. The number of carbonyl (C=O) groups is 1. The van der Waals surface area contributed by atoms with Gasteiger partial charge >= 0.3 is 0 Å². The van der Waals surface area contributed by atoms with Crippen LogP contribution >= 0.6 is 0 Å². The lowest BCUT2D eigenvalue weighted by Gasteiger charge is -2.09. The van der Waals surface area contributed by atoms with Gasteiger partial charge in [0.25, 0.3) is 15.9 Å². The van der Waals surface area contributed by atoms with E-state index in [1.54, 1.807) is 31.4 Å². The average Bonchev–Trinajstić information content (AvgIpc) is 3.31.